The molecule has 1 aromatic heterocycles. The molecule has 0 atom stereocenters. The van der Waals surface area contributed by atoms with E-state index in [-0.39, 0.29) is 18.1 Å². The molecule has 0 aliphatic heterocycles. The van der Waals surface area contributed by atoms with Crippen LogP contribution in [-0.4, -0.2) is 18.4 Å². The molecule has 1 aliphatic carbocycles. The van der Waals surface area contributed by atoms with E-state index in [0.29, 0.717) is 10.4 Å². The number of ether oxygens (including phenoxy) is 1. The molecule has 27 heavy (non-hydrogen) atoms. The van der Waals surface area contributed by atoms with E-state index >= 15 is 0 Å². The van der Waals surface area contributed by atoms with E-state index in [2.05, 4.69) is 15.6 Å². The van der Waals surface area contributed by atoms with Crippen LogP contribution in [-0.2, 0) is 24.1 Å². The van der Waals surface area contributed by atoms with Gasteiger partial charge in [0.2, 0.25) is 5.91 Å². The highest BCUT2D eigenvalue weighted by atomic mass is 32.1. The van der Waals surface area contributed by atoms with E-state index in [1.807, 2.05) is 6.07 Å². The average molecular weight is 394 g/mol. The summed E-state index contributed by atoms with van der Waals surface area (Å²) in [5, 5.41) is 0. The van der Waals surface area contributed by atoms with E-state index in [4.69, 9.17) is 0 Å². The van der Waals surface area contributed by atoms with Gasteiger partial charge in [-0.05, 0) is 55.0 Å². The zero-order chi connectivity index (χ0) is 19.2. The number of alkyl halides is 2. The molecule has 3 rings (SSSR count). The first-order valence-corrected chi connectivity index (χ1v) is 9.57. The molecule has 1 aliphatic rings. The van der Waals surface area contributed by atoms with Crippen molar-refractivity contribution in [2.24, 2.45) is 0 Å². The van der Waals surface area contributed by atoms with Gasteiger partial charge < -0.3 is 4.74 Å². The molecule has 0 saturated carbocycles. The maximum absolute atomic E-state index is 12.2. The van der Waals surface area contributed by atoms with Crippen LogP contribution in [0.15, 0.2) is 30.3 Å². The van der Waals surface area contributed by atoms with Gasteiger partial charge in [-0.1, -0.05) is 18.6 Å². The fourth-order valence-corrected chi connectivity index (χ4v) is 4.13. The lowest BCUT2D eigenvalue weighted by Crippen LogP contribution is -2.42. The first kappa shape index (κ1) is 19.3. The highest BCUT2D eigenvalue weighted by molar-refractivity contribution is 7.14. The monoisotopic (exact) mass is 394 g/mol. The molecule has 0 unspecified atom stereocenters. The molecule has 0 saturated heterocycles. The van der Waals surface area contributed by atoms with Crippen molar-refractivity contribution < 1.29 is 23.1 Å². The number of thiophene rings is 1. The fourth-order valence-electron chi connectivity index (χ4n) is 2.99. The SMILES string of the molecule is O=C(Cc1ccc(OC(F)F)cc1)NNC(=O)c1cc2c(s1)CCCCC2. The Hall–Kier alpha value is -2.48. The summed E-state index contributed by atoms with van der Waals surface area (Å²) in [6.07, 6.45) is 5.52. The second kappa shape index (κ2) is 8.94. The minimum atomic E-state index is -2.89. The number of hydrogen-bond acceptors (Lipinski definition) is 4. The van der Waals surface area contributed by atoms with E-state index in [1.165, 1.54) is 52.5 Å². The number of benzene rings is 1. The minimum absolute atomic E-state index is 0.0101. The predicted molar refractivity (Wildman–Crippen MR) is 98.0 cm³/mol. The Labute approximate surface area is 159 Å². The van der Waals surface area contributed by atoms with Crippen molar-refractivity contribution in [1.82, 2.24) is 10.9 Å². The van der Waals surface area contributed by atoms with Crippen LogP contribution in [0.2, 0.25) is 0 Å². The molecular formula is C19H20F2N2O3S. The summed E-state index contributed by atoms with van der Waals surface area (Å²) in [5.41, 5.74) is 6.67. The molecule has 2 N–H and O–H groups in total. The van der Waals surface area contributed by atoms with Crippen LogP contribution in [0.5, 0.6) is 5.75 Å². The number of amides is 2. The number of hydrazine groups is 1. The van der Waals surface area contributed by atoms with E-state index in [9.17, 15) is 18.4 Å². The lowest BCUT2D eigenvalue weighted by molar-refractivity contribution is -0.121. The van der Waals surface area contributed by atoms with Gasteiger partial charge in [-0.25, -0.2) is 0 Å². The number of aryl methyl sites for hydroxylation is 2. The van der Waals surface area contributed by atoms with Crippen molar-refractivity contribution in [3.05, 3.63) is 51.2 Å². The molecule has 2 aromatic rings. The van der Waals surface area contributed by atoms with Crippen molar-refractivity contribution >= 4 is 23.2 Å². The molecule has 0 radical (unpaired) electrons. The molecule has 144 valence electrons. The normalized spacial score (nSPS) is 13.6. The second-order valence-electron chi connectivity index (χ2n) is 6.32. The smallest absolute Gasteiger partial charge is 0.387 e. The first-order chi connectivity index (χ1) is 13.0. The van der Waals surface area contributed by atoms with Gasteiger partial charge in [-0.15, -0.1) is 11.3 Å². The summed E-state index contributed by atoms with van der Waals surface area (Å²) in [6.45, 7) is -2.89. The number of hydrogen-bond donors (Lipinski definition) is 2. The largest absolute Gasteiger partial charge is 0.435 e. The topological polar surface area (TPSA) is 67.4 Å². The number of carbonyl (C=O) groups excluding carboxylic acids is 2. The lowest BCUT2D eigenvalue weighted by Gasteiger charge is -2.08. The fraction of sp³-hybridized carbons (Fsp3) is 0.368. The molecule has 1 aromatic carbocycles. The van der Waals surface area contributed by atoms with Crippen molar-refractivity contribution in [1.29, 1.82) is 0 Å². The van der Waals surface area contributed by atoms with Crippen molar-refractivity contribution in [3.63, 3.8) is 0 Å². The maximum atomic E-state index is 12.2. The summed E-state index contributed by atoms with van der Waals surface area (Å²) >= 11 is 1.48. The third-order valence-electron chi connectivity index (χ3n) is 4.30. The van der Waals surface area contributed by atoms with Gasteiger partial charge in [0, 0.05) is 4.88 Å². The third kappa shape index (κ3) is 5.50. The van der Waals surface area contributed by atoms with Gasteiger partial charge in [-0.2, -0.15) is 8.78 Å². The van der Waals surface area contributed by atoms with Crippen molar-refractivity contribution in [2.75, 3.05) is 0 Å². The van der Waals surface area contributed by atoms with Crippen LogP contribution in [0.4, 0.5) is 8.78 Å². The van der Waals surface area contributed by atoms with Gasteiger partial charge in [0.25, 0.3) is 5.91 Å². The Morgan fingerprint density at radius 2 is 1.81 bits per heavy atom. The summed E-state index contributed by atoms with van der Waals surface area (Å²) < 4.78 is 28.5. The third-order valence-corrected chi connectivity index (χ3v) is 5.53. The molecule has 0 fully saturated rings. The van der Waals surface area contributed by atoms with Gasteiger partial charge in [-0.3, -0.25) is 20.4 Å². The van der Waals surface area contributed by atoms with Crippen LogP contribution in [0, 0.1) is 0 Å². The number of carbonyl (C=O) groups is 2. The van der Waals surface area contributed by atoms with Crippen molar-refractivity contribution in [3.8, 4) is 5.75 Å². The van der Waals surface area contributed by atoms with Crippen LogP contribution in [0.3, 0.4) is 0 Å². The zero-order valence-corrected chi connectivity index (χ0v) is 15.4. The average Bonchev–Trinajstić information content (AvgIpc) is 2.92. The van der Waals surface area contributed by atoms with E-state index < -0.39 is 12.5 Å². The molecular weight excluding hydrogens is 374 g/mol. The summed E-state index contributed by atoms with van der Waals surface area (Å²) in [5.74, 6) is -0.703. The maximum Gasteiger partial charge on any atom is 0.387 e. The van der Waals surface area contributed by atoms with Crippen LogP contribution in [0.25, 0.3) is 0 Å². The standard InChI is InChI=1S/C19H20F2N2O3S/c20-19(21)26-14-8-6-12(7-9-14)10-17(24)22-23-18(25)16-11-13-4-2-1-3-5-15(13)27-16/h6-9,11,19H,1-5,10H2,(H,22,24)(H,23,25). The summed E-state index contributed by atoms with van der Waals surface area (Å²) in [4.78, 5) is 26.1. The molecule has 0 spiro atoms. The first-order valence-electron chi connectivity index (χ1n) is 8.76. The van der Waals surface area contributed by atoms with Crippen LogP contribution < -0.4 is 15.6 Å². The number of rotatable bonds is 5. The summed E-state index contributed by atoms with van der Waals surface area (Å²) in [7, 11) is 0. The minimum Gasteiger partial charge on any atom is -0.435 e. The molecule has 8 heteroatoms. The molecule has 1 heterocycles. The number of nitrogens with one attached hydrogen (secondary N) is 2. The second-order valence-corrected chi connectivity index (χ2v) is 7.46. The highest BCUT2D eigenvalue weighted by Gasteiger charge is 2.17. The predicted octanol–water partition coefficient (Wildman–Crippen LogP) is 3.62. The Bertz CT molecular complexity index is 782. The van der Waals surface area contributed by atoms with E-state index in [1.54, 1.807) is 0 Å². The Morgan fingerprint density at radius 3 is 2.56 bits per heavy atom. The molecule has 2 amide bonds. The highest BCUT2D eigenvalue weighted by Crippen LogP contribution is 2.28. The number of halogens is 2. The van der Waals surface area contributed by atoms with Gasteiger partial charge in [0.1, 0.15) is 5.75 Å². The van der Waals surface area contributed by atoms with Gasteiger partial charge >= 0.3 is 6.61 Å². The van der Waals surface area contributed by atoms with Crippen LogP contribution in [0.1, 0.15) is 44.9 Å². The van der Waals surface area contributed by atoms with Crippen LogP contribution >= 0.6 is 11.3 Å². The zero-order valence-electron chi connectivity index (χ0n) is 14.6. The van der Waals surface area contributed by atoms with Gasteiger partial charge in [0.05, 0.1) is 11.3 Å². The Morgan fingerprint density at radius 1 is 1.07 bits per heavy atom. The summed E-state index contributed by atoms with van der Waals surface area (Å²) in [6, 6.07) is 7.69. The Balaban J connectivity index is 1.49. The molecule has 0 bridgehead atoms. The van der Waals surface area contributed by atoms with E-state index in [0.717, 1.165) is 25.7 Å². The van der Waals surface area contributed by atoms with Gasteiger partial charge in [0.15, 0.2) is 0 Å². The molecule has 5 nitrogen and oxygen atoms in total. The van der Waals surface area contributed by atoms with Crippen molar-refractivity contribution in [2.45, 2.75) is 45.1 Å². The quantitative estimate of drug-likeness (QED) is 0.601. The Kier molecular flexibility index (Phi) is 6.39. The lowest BCUT2D eigenvalue weighted by atomic mass is 10.1. The number of fused-ring (bicyclic) bond motifs is 1.